The third kappa shape index (κ3) is 4.03. The van der Waals surface area contributed by atoms with E-state index < -0.39 is 0 Å². The van der Waals surface area contributed by atoms with E-state index in [-0.39, 0.29) is 0 Å². The molecule has 0 aromatic rings. The van der Waals surface area contributed by atoms with Crippen LogP contribution in [0.3, 0.4) is 0 Å². The van der Waals surface area contributed by atoms with E-state index in [1.54, 1.807) is 27.4 Å². The van der Waals surface area contributed by atoms with E-state index >= 15 is 0 Å². The van der Waals surface area contributed by atoms with Gasteiger partial charge < -0.3 is 5.32 Å². The second-order valence-corrected chi connectivity index (χ2v) is 4.59. The minimum absolute atomic E-state index is 0.648. The maximum Gasteiger partial charge on any atom is 0.181 e. The molecular formula is C14H18N4OS. The third-order valence-electron chi connectivity index (χ3n) is 2.63. The highest BCUT2D eigenvalue weighted by atomic mass is 32.2. The van der Waals surface area contributed by atoms with Crippen molar-refractivity contribution in [3.8, 4) is 0 Å². The first-order chi connectivity index (χ1) is 9.69. The van der Waals surface area contributed by atoms with E-state index in [2.05, 4.69) is 20.3 Å². The zero-order valence-electron chi connectivity index (χ0n) is 12.0. The number of carbonyl (C=O) groups excluding carboxylic acids is 1. The minimum atomic E-state index is 0.648. The van der Waals surface area contributed by atoms with E-state index in [0.717, 1.165) is 39.3 Å². The lowest BCUT2D eigenvalue weighted by molar-refractivity contribution is 0.570. The Hall–Kier alpha value is -1.95. The van der Waals surface area contributed by atoms with Gasteiger partial charge in [0.25, 0.3) is 0 Å². The van der Waals surface area contributed by atoms with Crippen molar-refractivity contribution in [1.29, 1.82) is 0 Å². The van der Waals surface area contributed by atoms with E-state index in [1.165, 1.54) is 0 Å². The smallest absolute Gasteiger partial charge is 0.181 e. The molecule has 1 N–H and O–H groups in total. The molecule has 1 aliphatic heterocycles. The molecule has 0 atom stereocenters. The second-order valence-electron chi connectivity index (χ2n) is 3.73. The number of allylic oxidation sites excluding steroid dienone is 4. The molecule has 0 amide bonds. The number of aliphatic imine (C=N–C) groups is 3. The molecule has 0 spiro atoms. The van der Waals surface area contributed by atoms with Gasteiger partial charge in [0, 0.05) is 21.1 Å². The summed E-state index contributed by atoms with van der Waals surface area (Å²) < 4.78 is 0. The van der Waals surface area contributed by atoms with Crippen molar-refractivity contribution in [2.45, 2.75) is 6.92 Å². The number of amidine groups is 1. The first-order valence-corrected chi connectivity index (χ1v) is 6.94. The molecule has 6 heteroatoms. The van der Waals surface area contributed by atoms with Crippen LogP contribution in [0.4, 0.5) is 0 Å². The quantitative estimate of drug-likeness (QED) is 0.489. The van der Waals surface area contributed by atoms with Crippen LogP contribution in [0.1, 0.15) is 6.92 Å². The summed E-state index contributed by atoms with van der Waals surface area (Å²) in [5, 5.41) is 2.96. The lowest BCUT2D eigenvalue weighted by Crippen LogP contribution is -2.19. The lowest BCUT2D eigenvalue weighted by atomic mass is 10.1. The van der Waals surface area contributed by atoms with Crippen molar-refractivity contribution < 1.29 is 4.79 Å². The molecule has 0 aromatic carbocycles. The molecule has 1 aliphatic rings. The van der Waals surface area contributed by atoms with Gasteiger partial charge in [-0.2, -0.15) is 0 Å². The van der Waals surface area contributed by atoms with Crippen molar-refractivity contribution in [3.05, 3.63) is 34.4 Å². The van der Waals surface area contributed by atoms with Crippen LogP contribution in [-0.4, -0.2) is 44.5 Å². The van der Waals surface area contributed by atoms with Crippen LogP contribution in [0.2, 0.25) is 0 Å². The summed E-state index contributed by atoms with van der Waals surface area (Å²) in [4.78, 5) is 24.1. The van der Waals surface area contributed by atoms with Crippen molar-refractivity contribution >= 4 is 35.1 Å². The molecule has 0 saturated heterocycles. The van der Waals surface area contributed by atoms with Gasteiger partial charge in [-0.1, -0.05) is 17.8 Å². The largest absolute Gasteiger partial charge is 0.373 e. The maximum absolute atomic E-state index is 10.8. The molecule has 106 valence electrons. The Kier molecular flexibility index (Phi) is 6.66. The molecule has 0 saturated carbocycles. The number of nitrogens with zero attached hydrogens (tertiary/aromatic N) is 3. The molecule has 5 nitrogen and oxygen atoms in total. The van der Waals surface area contributed by atoms with E-state index in [1.807, 2.05) is 25.2 Å². The van der Waals surface area contributed by atoms with Gasteiger partial charge in [0.2, 0.25) is 0 Å². The van der Waals surface area contributed by atoms with Crippen LogP contribution < -0.4 is 5.32 Å². The SMILES string of the molecule is C/C=C1C=C(/C=C(\SC=O)C(=NC)NC)N=CC/1=NC. The Bertz CT molecular complexity index is 554. The van der Waals surface area contributed by atoms with Gasteiger partial charge in [0.15, 0.2) is 5.62 Å². The van der Waals surface area contributed by atoms with E-state index in [9.17, 15) is 4.79 Å². The van der Waals surface area contributed by atoms with Crippen LogP contribution >= 0.6 is 11.8 Å². The highest BCUT2D eigenvalue weighted by molar-refractivity contribution is 8.16. The molecule has 1 heterocycles. The molecule has 0 radical (unpaired) electrons. The average Bonchev–Trinajstić information content (AvgIpc) is 2.48. The van der Waals surface area contributed by atoms with Crippen LogP contribution in [0.15, 0.2) is 49.4 Å². The number of hydrogen-bond donors (Lipinski definition) is 1. The molecule has 0 aromatic heterocycles. The molecule has 0 aliphatic carbocycles. The average molecular weight is 290 g/mol. The number of thioether (sulfide) groups is 1. The summed E-state index contributed by atoms with van der Waals surface area (Å²) in [6.07, 6.45) is 7.44. The zero-order valence-corrected chi connectivity index (χ0v) is 12.9. The highest BCUT2D eigenvalue weighted by Gasteiger charge is 2.10. The summed E-state index contributed by atoms with van der Waals surface area (Å²) >= 11 is 1.07. The topological polar surface area (TPSA) is 66.2 Å². The van der Waals surface area contributed by atoms with Gasteiger partial charge in [0.1, 0.15) is 5.84 Å². The van der Waals surface area contributed by atoms with E-state index in [4.69, 9.17) is 0 Å². The fourth-order valence-electron chi connectivity index (χ4n) is 1.67. The predicted octanol–water partition coefficient (Wildman–Crippen LogP) is 2.03. The number of carbonyl (C=O) groups is 1. The molecular weight excluding hydrogens is 272 g/mol. The van der Waals surface area contributed by atoms with Gasteiger partial charge in [-0.25, -0.2) is 0 Å². The van der Waals surface area contributed by atoms with Crippen molar-refractivity contribution in [2.75, 3.05) is 21.1 Å². The summed E-state index contributed by atoms with van der Waals surface area (Å²) in [5.74, 6) is 0.648. The Morgan fingerprint density at radius 3 is 2.70 bits per heavy atom. The lowest BCUT2D eigenvalue weighted by Gasteiger charge is -2.10. The van der Waals surface area contributed by atoms with E-state index in [0.29, 0.717) is 5.84 Å². The minimum Gasteiger partial charge on any atom is -0.373 e. The van der Waals surface area contributed by atoms with Crippen LogP contribution in [0, 0.1) is 0 Å². The van der Waals surface area contributed by atoms with Gasteiger partial charge in [-0.3, -0.25) is 19.8 Å². The number of nitrogens with one attached hydrogen (secondary N) is 1. The number of hydrogen-bond acceptors (Lipinski definition) is 5. The first kappa shape index (κ1) is 16.1. The molecule has 1 rings (SSSR count). The Balaban J connectivity index is 3.16. The molecule has 0 unspecified atom stereocenters. The van der Waals surface area contributed by atoms with Crippen LogP contribution in [0.5, 0.6) is 0 Å². The van der Waals surface area contributed by atoms with Gasteiger partial charge in [-0.05, 0) is 24.6 Å². The fourth-order valence-corrected chi connectivity index (χ4v) is 2.26. The molecule has 0 fully saturated rings. The van der Waals surface area contributed by atoms with Crippen molar-refractivity contribution in [2.24, 2.45) is 15.0 Å². The summed E-state index contributed by atoms with van der Waals surface area (Å²) in [7, 11) is 5.16. The van der Waals surface area contributed by atoms with Gasteiger partial charge in [-0.15, -0.1) is 0 Å². The summed E-state index contributed by atoms with van der Waals surface area (Å²) in [6, 6.07) is 0. The van der Waals surface area contributed by atoms with Gasteiger partial charge >= 0.3 is 0 Å². The van der Waals surface area contributed by atoms with Crippen molar-refractivity contribution in [1.82, 2.24) is 5.32 Å². The number of rotatable bonds is 4. The standard InChI is InChI=1S/C14H18N4OS/c1-5-10-6-11(18-8-12(10)15-2)7-13(20-9-19)14(16-3)17-4/h5-9H,1-4H3,(H,16,17)/b10-5-,13-7-,15-12?. The third-order valence-corrected chi connectivity index (χ3v) is 3.30. The first-order valence-electron chi connectivity index (χ1n) is 6.06. The highest BCUT2D eigenvalue weighted by Crippen LogP contribution is 2.20. The van der Waals surface area contributed by atoms with Crippen LogP contribution in [0.25, 0.3) is 0 Å². The second kappa shape index (κ2) is 8.27. The number of likely N-dealkylation sites (N-methyl/N-ethyl adjacent to an activating group) is 1. The monoisotopic (exact) mass is 290 g/mol. The summed E-state index contributed by atoms with van der Waals surface area (Å²) in [6.45, 7) is 1.95. The zero-order chi connectivity index (χ0) is 15.0. The van der Waals surface area contributed by atoms with Crippen molar-refractivity contribution in [3.63, 3.8) is 0 Å². The summed E-state index contributed by atoms with van der Waals surface area (Å²) in [5.41, 5.74) is 3.37. The van der Waals surface area contributed by atoms with Gasteiger partial charge in [0.05, 0.1) is 22.5 Å². The Morgan fingerprint density at radius 1 is 1.45 bits per heavy atom. The fraction of sp³-hybridized carbons (Fsp3) is 0.286. The van der Waals surface area contributed by atoms with Crippen LogP contribution in [-0.2, 0) is 4.79 Å². The molecule has 20 heavy (non-hydrogen) atoms. The Labute approximate surface area is 123 Å². The predicted molar refractivity (Wildman–Crippen MR) is 88.5 cm³/mol. The normalized spacial score (nSPS) is 20.3. The molecule has 0 bridgehead atoms. The maximum atomic E-state index is 10.8. The Morgan fingerprint density at radius 2 is 2.20 bits per heavy atom.